The van der Waals surface area contributed by atoms with Crippen LogP contribution < -0.4 is 0 Å². The number of carbonyl (C=O) groups is 1. The fourth-order valence-corrected chi connectivity index (χ4v) is 3.08. The van der Waals surface area contributed by atoms with Gasteiger partial charge in [-0.1, -0.05) is 30.3 Å². The average molecular weight is 298 g/mol. The molecule has 6 heteroatoms. The normalized spacial score (nSPS) is 21.6. The van der Waals surface area contributed by atoms with Gasteiger partial charge in [-0.25, -0.2) is 0 Å². The summed E-state index contributed by atoms with van der Waals surface area (Å²) in [6.45, 7) is 1.89. The molecule has 1 amide bonds. The molecule has 1 saturated carbocycles. The van der Waals surface area contributed by atoms with Crippen molar-refractivity contribution in [2.75, 3.05) is 19.6 Å². The molecule has 0 atom stereocenters. The van der Waals surface area contributed by atoms with Gasteiger partial charge in [-0.15, -0.1) is 0 Å². The van der Waals surface area contributed by atoms with Crippen LogP contribution in [0.25, 0.3) is 0 Å². The van der Waals surface area contributed by atoms with E-state index in [1.165, 1.54) is 0 Å². The van der Waals surface area contributed by atoms with Gasteiger partial charge >= 0.3 is 12.1 Å². The molecular weight excluding hydrogens is 281 g/mol. The highest BCUT2D eigenvalue weighted by Crippen LogP contribution is 2.45. The van der Waals surface area contributed by atoms with Crippen LogP contribution in [-0.4, -0.2) is 47.1 Å². The van der Waals surface area contributed by atoms with E-state index in [2.05, 4.69) is 4.90 Å². The lowest BCUT2D eigenvalue weighted by Crippen LogP contribution is -2.59. The van der Waals surface area contributed by atoms with E-state index in [4.69, 9.17) is 0 Å². The maximum Gasteiger partial charge on any atom is 0.471 e. The molecule has 3 rings (SSSR count). The Morgan fingerprint density at radius 2 is 1.81 bits per heavy atom. The Labute approximate surface area is 121 Å². The lowest BCUT2D eigenvalue weighted by atomic mass is 10.1. The second kappa shape index (κ2) is 5.02. The fourth-order valence-electron chi connectivity index (χ4n) is 3.08. The maximum absolute atomic E-state index is 12.6. The van der Waals surface area contributed by atoms with Gasteiger partial charge < -0.3 is 4.90 Å². The molecule has 1 aliphatic carbocycles. The first-order chi connectivity index (χ1) is 9.91. The summed E-state index contributed by atoms with van der Waals surface area (Å²) in [5, 5.41) is 0. The maximum atomic E-state index is 12.6. The molecule has 0 aromatic heterocycles. The van der Waals surface area contributed by atoms with Gasteiger partial charge in [0.25, 0.3) is 0 Å². The summed E-state index contributed by atoms with van der Waals surface area (Å²) in [6, 6.07) is 9.85. The van der Waals surface area contributed by atoms with Gasteiger partial charge in [-0.05, 0) is 18.4 Å². The molecule has 2 fully saturated rings. The Morgan fingerprint density at radius 3 is 2.38 bits per heavy atom. The lowest BCUT2D eigenvalue weighted by Gasteiger charge is -2.42. The molecule has 1 saturated heterocycles. The lowest BCUT2D eigenvalue weighted by molar-refractivity contribution is -0.191. The zero-order valence-corrected chi connectivity index (χ0v) is 11.6. The number of benzene rings is 1. The van der Waals surface area contributed by atoms with E-state index >= 15 is 0 Å². The summed E-state index contributed by atoms with van der Waals surface area (Å²) in [7, 11) is 0. The van der Waals surface area contributed by atoms with Crippen LogP contribution in [0.2, 0.25) is 0 Å². The second-order valence-electron chi connectivity index (χ2n) is 5.88. The number of nitrogens with zero attached hydrogens (tertiary/aromatic N) is 2. The minimum atomic E-state index is -4.77. The Kier molecular flexibility index (Phi) is 3.43. The molecule has 0 unspecified atom stereocenters. The van der Waals surface area contributed by atoms with E-state index in [0.29, 0.717) is 25.9 Å². The van der Waals surface area contributed by atoms with Gasteiger partial charge in [-0.2, -0.15) is 13.2 Å². The summed E-state index contributed by atoms with van der Waals surface area (Å²) in [6.07, 6.45) is -3.43. The molecule has 1 heterocycles. The van der Waals surface area contributed by atoms with E-state index in [1.54, 1.807) is 0 Å². The third kappa shape index (κ3) is 2.90. The molecule has 3 nitrogen and oxygen atoms in total. The van der Waals surface area contributed by atoms with Gasteiger partial charge in [0.15, 0.2) is 0 Å². The van der Waals surface area contributed by atoms with E-state index in [9.17, 15) is 18.0 Å². The van der Waals surface area contributed by atoms with Crippen molar-refractivity contribution >= 4 is 5.91 Å². The van der Waals surface area contributed by atoms with Crippen molar-refractivity contribution in [1.29, 1.82) is 0 Å². The quantitative estimate of drug-likeness (QED) is 0.837. The smallest absolute Gasteiger partial charge is 0.327 e. The number of alkyl halides is 3. The van der Waals surface area contributed by atoms with E-state index in [1.807, 2.05) is 30.3 Å². The molecule has 1 aliphatic heterocycles. The molecule has 1 spiro atoms. The summed E-state index contributed by atoms with van der Waals surface area (Å²) in [5.74, 6) is -1.68. The van der Waals surface area contributed by atoms with Crippen molar-refractivity contribution in [2.24, 2.45) is 0 Å². The highest BCUT2D eigenvalue weighted by Gasteiger charge is 2.57. The van der Waals surface area contributed by atoms with Gasteiger partial charge in [0, 0.05) is 26.2 Å². The predicted octanol–water partition coefficient (Wildman–Crippen LogP) is 2.43. The highest BCUT2D eigenvalue weighted by molar-refractivity contribution is 5.83. The first kappa shape index (κ1) is 14.4. The van der Waals surface area contributed by atoms with Gasteiger partial charge in [-0.3, -0.25) is 9.69 Å². The first-order valence-corrected chi connectivity index (χ1v) is 7.06. The topological polar surface area (TPSA) is 23.6 Å². The van der Waals surface area contributed by atoms with Crippen molar-refractivity contribution in [2.45, 2.75) is 31.1 Å². The number of rotatable bonds is 2. The van der Waals surface area contributed by atoms with Crippen molar-refractivity contribution in [1.82, 2.24) is 9.80 Å². The van der Waals surface area contributed by atoms with Crippen LogP contribution in [0.4, 0.5) is 13.2 Å². The molecule has 1 aromatic carbocycles. The highest BCUT2D eigenvalue weighted by atomic mass is 19.4. The van der Waals surface area contributed by atoms with Crippen molar-refractivity contribution in [3.05, 3.63) is 35.9 Å². The number of carbonyl (C=O) groups excluding carboxylic acids is 1. The molecule has 0 radical (unpaired) electrons. The summed E-state index contributed by atoms with van der Waals surface area (Å²) < 4.78 is 37.9. The Hall–Kier alpha value is -1.56. The molecule has 21 heavy (non-hydrogen) atoms. The standard InChI is InChI=1S/C15H17F3N2O/c16-15(17,18)13(21)20-9-8-19(11-14(20)6-7-14)10-12-4-2-1-3-5-12/h1-5H,6-11H2. The third-order valence-corrected chi connectivity index (χ3v) is 4.29. The van der Waals surface area contributed by atoms with Crippen molar-refractivity contribution in [3.8, 4) is 0 Å². The molecular formula is C15H17F3N2O. The van der Waals surface area contributed by atoms with Gasteiger partial charge in [0.05, 0.1) is 5.54 Å². The number of hydrogen-bond acceptors (Lipinski definition) is 2. The van der Waals surface area contributed by atoms with Crippen LogP contribution in [-0.2, 0) is 11.3 Å². The summed E-state index contributed by atoms with van der Waals surface area (Å²) in [5.41, 5.74) is 0.559. The first-order valence-electron chi connectivity index (χ1n) is 7.06. The largest absolute Gasteiger partial charge is 0.471 e. The minimum Gasteiger partial charge on any atom is -0.327 e. The van der Waals surface area contributed by atoms with E-state index in [-0.39, 0.29) is 6.54 Å². The van der Waals surface area contributed by atoms with Gasteiger partial charge in [0.2, 0.25) is 0 Å². The van der Waals surface area contributed by atoms with Crippen LogP contribution in [0.5, 0.6) is 0 Å². The minimum absolute atomic E-state index is 0.158. The van der Waals surface area contributed by atoms with Crippen molar-refractivity contribution in [3.63, 3.8) is 0 Å². The molecule has 1 aromatic rings. The number of amides is 1. The monoisotopic (exact) mass is 298 g/mol. The molecule has 0 N–H and O–H groups in total. The average Bonchev–Trinajstić information content (AvgIpc) is 3.18. The molecule has 0 bridgehead atoms. The van der Waals surface area contributed by atoms with E-state index in [0.717, 1.165) is 17.0 Å². The predicted molar refractivity (Wildman–Crippen MR) is 71.5 cm³/mol. The number of piperazine rings is 1. The van der Waals surface area contributed by atoms with Crippen LogP contribution >= 0.6 is 0 Å². The summed E-state index contributed by atoms with van der Waals surface area (Å²) in [4.78, 5) is 14.7. The summed E-state index contributed by atoms with van der Waals surface area (Å²) >= 11 is 0. The molecule has 114 valence electrons. The number of hydrogen-bond donors (Lipinski definition) is 0. The third-order valence-electron chi connectivity index (χ3n) is 4.29. The van der Waals surface area contributed by atoms with Crippen molar-refractivity contribution < 1.29 is 18.0 Å². The Balaban J connectivity index is 1.67. The van der Waals surface area contributed by atoms with E-state index < -0.39 is 17.6 Å². The SMILES string of the molecule is O=C(N1CCN(Cc2ccccc2)CC12CC2)C(F)(F)F. The van der Waals surface area contributed by atoms with Crippen LogP contribution in [0.3, 0.4) is 0 Å². The number of halogens is 3. The second-order valence-corrected chi connectivity index (χ2v) is 5.88. The van der Waals surface area contributed by atoms with Crippen LogP contribution in [0.15, 0.2) is 30.3 Å². The fraction of sp³-hybridized carbons (Fsp3) is 0.533. The van der Waals surface area contributed by atoms with Gasteiger partial charge in [0.1, 0.15) is 0 Å². The Morgan fingerprint density at radius 1 is 1.14 bits per heavy atom. The zero-order chi connectivity index (χ0) is 15.1. The molecule has 2 aliphatic rings. The Bertz CT molecular complexity index is 525. The zero-order valence-electron chi connectivity index (χ0n) is 11.6. The van der Waals surface area contributed by atoms with Crippen LogP contribution in [0, 0.1) is 0 Å². The van der Waals surface area contributed by atoms with Crippen LogP contribution in [0.1, 0.15) is 18.4 Å².